The molecule has 0 saturated heterocycles. The SMILES string of the molecule is CCCCSc1cc2c(cc1NC(=O)c1cccs1)n(C)c(=O)n2C. The molecule has 0 spiro atoms. The fraction of sp³-hybridized carbons (Fsp3) is 0.333. The summed E-state index contributed by atoms with van der Waals surface area (Å²) in [5.74, 6) is 0.859. The smallest absolute Gasteiger partial charge is 0.320 e. The number of hydrogen-bond donors (Lipinski definition) is 1. The van der Waals surface area contributed by atoms with Crippen LogP contribution in [-0.4, -0.2) is 20.8 Å². The standard InChI is InChI=1S/C18H21N3O2S2/c1-4-5-8-25-16-11-14-13(20(2)18(23)21(14)3)10-12(16)19-17(22)15-7-6-9-24-15/h6-7,9-11H,4-5,8H2,1-3H3,(H,19,22). The van der Waals surface area contributed by atoms with Gasteiger partial charge in [-0.3, -0.25) is 13.9 Å². The molecule has 0 aliphatic rings. The number of amides is 1. The van der Waals surface area contributed by atoms with E-state index in [1.807, 2.05) is 23.6 Å². The normalized spacial score (nSPS) is 11.2. The van der Waals surface area contributed by atoms with Crippen molar-refractivity contribution in [1.29, 1.82) is 0 Å². The minimum atomic E-state index is -0.118. The molecule has 0 bridgehead atoms. The van der Waals surface area contributed by atoms with Crippen molar-refractivity contribution < 1.29 is 4.79 Å². The predicted octanol–water partition coefficient (Wildman–Crippen LogP) is 4.08. The Morgan fingerprint density at radius 2 is 1.96 bits per heavy atom. The number of nitrogens with zero attached hydrogens (tertiary/aromatic N) is 2. The third-order valence-corrected chi connectivity index (χ3v) is 6.13. The number of rotatable bonds is 6. The average Bonchev–Trinajstić information content (AvgIpc) is 3.21. The Labute approximate surface area is 154 Å². The van der Waals surface area contributed by atoms with Crippen molar-refractivity contribution in [3.8, 4) is 0 Å². The lowest BCUT2D eigenvalue weighted by atomic mass is 10.2. The van der Waals surface area contributed by atoms with Crippen molar-refractivity contribution in [2.45, 2.75) is 24.7 Å². The molecular weight excluding hydrogens is 354 g/mol. The predicted molar refractivity (Wildman–Crippen MR) is 106 cm³/mol. The summed E-state index contributed by atoms with van der Waals surface area (Å²) in [6.07, 6.45) is 2.23. The minimum absolute atomic E-state index is 0.0683. The zero-order valence-corrected chi connectivity index (χ0v) is 16.2. The molecule has 1 N–H and O–H groups in total. The van der Waals surface area contributed by atoms with Gasteiger partial charge in [-0.25, -0.2) is 4.79 Å². The highest BCUT2D eigenvalue weighted by atomic mass is 32.2. The molecule has 0 fully saturated rings. The van der Waals surface area contributed by atoms with Crippen LogP contribution < -0.4 is 11.0 Å². The number of hydrogen-bond acceptors (Lipinski definition) is 4. The first kappa shape index (κ1) is 17.8. The van der Waals surface area contributed by atoms with Gasteiger partial charge in [-0.2, -0.15) is 0 Å². The Kier molecular flexibility index (Phi) is 5.34. The topological polar surface area (TPSA) is 56.0 Å². The Morgan fingerprint density at radius 1 is 1.24 bits per heavy atom. The number of carbonyl (C=O) groups excluding carboxylic acids is 1. The van der Waals surface area contributed by atoms with Gasteiger partial charge in [0.05, 0.1) is 21.6 Å². The molecule has 1 amide bonds. The first-order valence-electron chi connectivity index (χ1n) is 8.20. The van der Waals surface area contributed by atoms with Crippen LogP contribution in [0.25, 0.3) is 11.0 Å². The molecule has 0 atom stereocenters. The molecule has 0 unspecified atom stereocenters. The van der Waals surface area contributed by atoms with Crippen molar-refractivity contribution in [2.75, 3.05) is 11.1 Å². The molecule has 0 saturated carbocycles. The highest BCUT2D eigenvalue weighted by Gasteiger charge is 2.15. The second kappa shape index (κ2) is 7.49. The number of imidazole rings is 1. The second-order valence-electron chi connectivity index (χ2n) is 5.87. The lowest BCUT2D eigenvalue weighted by Crippen LogP contribution is -2.19. The van der Waals surface area contributed by atoms with Crippen molar-refractivity contribution in [2.24, 2.45) is 14.1 Å². The van der Waals surface area contributed by atoms with E-state index in [9.17, 15) is 9.59 Å². The number of nitrogens with one attached hydrogen (secondary N) is 1. The Bertz CT molecular complexity index is 955. The molecule has 0 aliphatic carbocycles. The van der Waals surface area contributed by atoms with Gasteiger partial charge in [0.1, 0.15) is 0 Å². The number of thioether (sulfide) groups is 1. The fourth-order valence-electron chi connectivity index (χ4n) is 2.66. The van der Waals surface area contributed by atoms with E-state index in [0.29, 0.717) is 4.88 Å². The van der Waals surface area contributed by atoms with Gasteiger partial charge in [-0.1, -0.05) is 19.4 Å². The van der Waals surface area contributed by atoms with Crippen molar-refractivity contribution in [3.63, 3.8) is 0 Å². The summed E-state index contributed by atoms with van der Waals surface area (Å²) in [5.41, 5.74) is 2.38. The Morgan fingerprint density at radius 3 is 2.60 bits per heavy atom. The number of fused-ring (bicyclic) bond motifs is 1. The monoisotopic (exact) mass is 375 g/mol. The van der Waals surface area contributed by atoms with Crippen molar-refractivity contribution >= 4 is 45.7 Å². The van der Waals surface area contributed by atoms with E-state index < -0.39 is 0 Å². The third kappa shape index (κ3) is 3.52. The van der Waals surface area contributed by atoms with E-state index in [4.69, 9.17) is 0 Å². The Hall–Kier alpha value is -1.99. The maximum Gasteiger partial charge on any atom is 0.328 e. The molecule has 5 nitrogen and oxygen atoms in total. The summed E-state index contributed by atoms with van der Waals surface area (Å²) in [4.78, 5) is 26.3. The summed E-state index contributed by atoms with van der Waals surface area (Å²) < 4.78 is 3.25. The number of benzene rings is 1. The number of thiophene rings is 1. The number of carbonyl (C=O) groups is 1. The van der Waals surface area contributed by atoms with E-state index in [2.05, 4.69) is 12.2 Å². The summed E-state index contributed by atoms with van der Waals surface area (Å²) in [7, 11) is 3.52. The van der Waals surface area contributed by atoms with Crippen LogP contribution in [0.1, 0.15) is 29.4 Å². The third-order valence-electron chi connectivity index (χ3n) is 4.12. The highest BCUT2D eigenvalue weighted by molar-refractivity contribution is 7.99. The van der Waals surface area contributed by atoms with Crippen LogP contribution in [0.3, 0.4) is 0 Å². The summed E-state index contributed by atoms with van der Waals surface area (Å²) in [5, 5.41) is 4.90. The summed E-state index contributed by atoms with van der Waals surface area (Å²) >= 11 is 3.13. The van der Waals surface area contributed by atoms with Crippen LogP contribution in [0.5, 0.6) is 0 Å². The first-order valence-corrected chi connectivity index (χ1v) is 10.1. The molecular formula is C18H21N3O2S2. The molecule has 2 heterocycles. The Balaban J connectivity index is 2.03. The maximum absolute atomic E-state index is 12.5. The van der Waals surface area contributed by atoms with E-state index in [0.717, 1.165) is 40.2 Å². The van der Waals surface area contributed by atoms with Crippen LogP contribution in [0.2, 0.25) is 0 Å². The van der Waals surface area contributed by atoms with E-state index in [1.165, 1.54) is 11.3 Å². The van der Waals surface area contributed by atoms with E-state index >= 15 is 0 Å². The van der Waals surface area contributed by atoms with Crippen LogP contribution in [0.15, 0.2) is 39.3 Å². The van der Waals surface area contributed by atoms with Crippen molar-refractivity contribution in [1.82, 2.24) is 9.13 Å². The van der Waals surface area contributed by atoms with Gasteiger partial charge in [0, 0.05) is 19.0 Å². The van der Waals surface area contributed by atoms with E-state index in [1.54, 1.807) is 41.1 Å². The van der Waals surface area contributed by atoms with Crippen LogP contribution in [-0.2, 0) is 14.1 Å². The quantitative estimate of drug-likeness (QED) is 0.522. The number of unbranched alkanes of at least 4 members (excludes halogenated alkanes) is 1. The van der Waals surface area contributed by atoms with Crippen LogP contribution in [0, 0.1) is 0 Å². The first-order chi connectivity index (χ1) is 12.0. The molecule has 0 radical (unpaired) electrons. The lowest BCUT2D eigenvalue weighted by Gasteiger charge is -2.11. The molecule has 7 heteroatoms. The molecule has 3 aromatic rings. The molecule has 0 aliphatic heterocycles. The summed E-state index contributed by atoms with van der Waals surface area (Å²) in [6, 6.07) is 7.57. The van der Waals surface area contributed by atoms with Crippen LogP contribution >= 0.6 is 23.1 Å². The summed E-state index contributed by atoms with van der Waals surface area (Å²) in [6.45, 7) is 2.16. The van der Waals surface area contributed by atoms with Crippen LogP contribution in [0.4, 0.5) is 5.69 Å². The van der Waals surface area contributed by atoms with Gasteiger partial charge in [0.25, 0.3) is 5.91 Å². The molecule has 25 heavy (non-hydrogen) atoms. The molecule has 132 valence electrons. The molecule has 3 rings (SSSR count). The minimum Gasteiger partial charge on any atom is -0.320 e. The van der Waals surface area contributed by atoms with Gasteiger partial charge in [0.15, 0.2) is 0 Å². The van der Waals surface area contributed by atoms with Gasteiger partial charge < -0.3 is 5.32 Å². The number of aryl methyl sites for hydroxylation is 2. The highest BCUT2D eigenvalue weighted by Crippen LogP contribution is 2.32. The van der Waals surface area contributed by atoms with Gasteiger partial charge in [0.2, 0.25) is 0 Å². The molecule has 1 aromatic carbocycles. The number of anilines is 1. The zero-order valence-electron chi connectivity index (χ0n) is 14.5. The second-order valence-corrected chi connectivity index (χ2v) is 7.96. The fourth-order valence-corrected chi connectivity index (χ4v) is 4.39. The van der Waals surface area contributed by atoms with E-state index in [-0.39, 0.29) is 11.6 Å². The average molecular weight is 376 g/mol. The zero-order chi connectivity index (χ0) is 18.0. The van der Waals surface area contributed by atoms with Gasteiger partial charge in [-0.15, -0.1) is 23.1 Å². The molecule has 2 aromatic heterocycles. The largest absolute Gasteiger partial charge is 0.328 e. The maximum atomic E-state index is 12.5. The van der Waals surface area contributed by atoms with Gasteiger partial charge >= 0.3 is 5.69 Å². The number of aromatic nitrogens is 2. The van der Waals surface area contributed by atoms with Crippen molar-refractivity contribution in [3.05, 3.63) is 45.0 Å². The van der Waals surface area contributed by atoms with Gasteiger partial charge in [-0.05, 0) is 35.8 Å². The lowest BCUT2D eigenvalue weighted by molar-refractivity contribution is 0.103.